The Kier molecular flexibility index (Phi) is 16.2. The van der Waals surface area contributed by atoms with Crippen LogP contribution in [-0.4, -0.2) is 69.2 Å². The molecule has 0 radical (unpaired) electrons. The summed E-state index contributed by atoms with van der Waals surface area (Å²) in [6.45, 7) is 11.8. The Morgan fingerprint density at radius 1 is 0.868 bits per heavy atom. The number of carbonyl (C=O) groups excluding carboxylic acids is 3. The molecule has 1 heterocycles. The minimum Gasteiger partial charge on any atom is -0.493 e. The van der Waals surface area contributed by atoms with Gasteiger partial charge in [0.25, 0.3) is 0 Å². The van der Waals surface area contributed by atoms with E-state index in [2.05, 4.69) is 32.0 Å². The average Bonchev–Trinajstić information content (AvgIpc) is 3.16. The van der Waals surface area contributed by atoms with Gasteiger partial charge in [-0.1, -0.05) is 43.3 Å². The van der Waals surface area contributed by atoms with Gasteiger partial charge in [0.15, 0.2) is 17.3 Å². The molecule has 4 rings (SSSR count). The molecule has 288 valence electrons. The van der Waals surface area contributed by atoms with Crippen molar-refractivity contribution >= 4 is 17.7 Å². The molecule has 9 heteroatoms. The van der Waals surface area contributed by atoms with E-state index in [1.54, 1.807) is 19.1 Å². The number of rotatable bonds is 20. The summed E-state index contributed by atoms with van der Waals surface area (Å²) in [6, 6.07) is 17.0. The number of benzene rings is 3. The Bertz CT molecular complexity index is 1670. The molecule has 9 nitrogen and oxygen atoms in total. The molecule has 3 atom stereocenters. The summed E-state index contributed by atoms with van der Waals surface area (Å²) >= 11 is 0. The van der Waals surface area contributed by atoms with Gasteiger partial charge in [0.2, 0.25) is 5.91 Å². The largest absolute Gasteiger partial charge is 0.493 e. The molecule has 0 saturated carbocycles. The predicted molar refractivity (Wildman–Crippen MR) is 207 cm³/mol. The number of ether oxygens (including phenoxy) is 5. The Morgan fingerprint density at radius 2 is 1.68 bits per heavy atom. The molecule has 53 heavy (non-hydrogen) atoms. The molecule has 0 aromatic heterocycles. The summed E-state index contributed by atoms with van der Waals surface area (Å²) in [5.74, 6) is 0.828. The number of nitrogens with zero attached hydrogens (tertiary/aromatic N) is 1. The third-order valence-corrected chi connectivity index (χ3v) is 10.2. The molecule has 1 saturated heterocycles. The van der Waals surface area contributed by atoms with Crippen molar-refractivity contribution in [1.82, 2.24) is 4.90 Å². The van der Waals surface area contributed by atoms with E-state index >= 15 is 0 Å². The van der Waals surface area contributed by atoms with Gasteiger partial charge < -0.3 is 28.6 Å². The Morgan fingerprint density at radius 3 is 2.40 bits per heavy atom. The number of hydrogen-bond donors (Lipinski definition) is 0. The third kappa shape index (κ3) is 11.6. The van der Waals surface area contributed by atoms with E-state index in [1.807, 2.05) is 57.2 Å². The van der Waals surface area contributed by atoms with Crippen LogP contribution >= 0.6 is 0 Å². The van der Waals surface area contributed by atoms with E-state index in [0.29, 0.717) is 69.1 Å². The highest BCUT2D eigenvalue weighted by Gasteiger charge is 2.38. The summed E-state index contributed by atoms with van der Waals surface area (Å²) in [6.07, 6.45) is 5.41. The predicted octanol–water partition coefficient (Wildman–Crippen LogP) is 8.58. The summed E-state index contributed by atoms with van der Waals surface area (Å²) in [5.41, 5.74) is 6.08. The molecule has 0 N–H and O–H groups in total. The Labute approximate surface area is 316 Å². The molecule has 1 unspecified atom stereocenters. The Hall–Kier alpha value is -4.37. The molecule has 1 aliphatic heterocycles. The van der Waals surface area contributed by atoms with Crippen molar-refractivity contribution in [3.05, 3.63) is 88.0 Å². The minimum atomic E-state index is -0.699. The second-order valence-corrected chi connectivity index (χ2v) is 14.0. The first kappa shape index (κ1) is 41.4. The zero-order valence-electron chi connectivity index (χ0n) is 32.8. The van der Waals surface area contributed by atoms with Gasteiger partial charge in [-0.25, -0.2) is 4.79 Å². The van der Waals surface area contributed by atoms with Crippen LogP contribution in [0.2, 0.25) is 0 Å². The van der Waals surface area contributed by atoms with Crippen molar-refractivity contribution in [2.24, 2.45) is 0 Å². The van der Waals surface area contributed by atoms with E-state index in [-0.39, 0.29) is 18.3 Å². The first-order valence-corrected chi connectivity index (χ1v) is 19.2. The summed E-state index contributed by atoms with van der Waals surface area (Å²) in [5, 5.41) is 0. The van der Waals surface area contributed by atoms with E-state index in [0.717, 1.165) is 47.9 Å². The fourth-order valence-corrected chi connectivity index (χ4v) is 7.06. The number of esters is 1. The van der Waals surface area contributed by atoms with Crippen LogP contribution in [0.3, 0.4) is 0 Å². The van der Waals surface area contributed by atoms with Crippen molar-refractivity contribution in [2.75, 3.05) is 40.6 Å². The van der Waals surface area contributed by atoms with Gasteiger partial charge in [0.1, 0.15) is 24.5 Å². The monoisotopic (exact) mass is 729 g/mol. The van der Waals surface area contributed by atoms with Crippen molar-refractivity contribution < 1.29 is 38.1 Å². The molecule has 0 spiro atoms. The number of likely N-dealkylation sites (tertiary alicyclic amines) is 1. The zero-order chi connectivity index (χ0) is 38.3. The molecule has 1 fully saturated rings. The van der Waals surface area contributed by atoms with Crippen LogP contribution in [0.4, 0.5) is 0 Å². The lowest BCUT2D eigenvalue weighted by Gasteiger charge is -2.37. The maximum atomic E-state index is 14.3. The van der Waals surface area contributed by atoms with Gasteiger partial charge >= 0.3 is 5.97 Å². The molecule has 3 aromatic carbocycles. The smallest absolute Gasteiger partial charge is 0.329 e. The number of Topliss-reactive ketones (excluding diaryl/α,β-unsaturated/α-hetero) is 1. The molecular formula is C44H59NO8. The first-order valence-electron chi connectivity index (χ1n) is 19.2. The number of hydrogen-bond acceptors (Lipinski definition) is 8. The lowest BCUT2D eigenvalue weighted by atomic mass is 9.91. The standard InChI is InChI=1S/C44H59NO8/c1-8-38(35-26-32(5)42(50-7)41(28-35)49-6)43(47)45-23-12-10-18-39(45)44(48)53-40(22-21-33-20-19-30(3)31(4)25-33)34-15-14-17-37(27-34)52-29-36(46)16-11-13-24-51-9-2/h14-15,17,19-20,25-28,38-40H,8-13,16,18,21-24,29H2,1-7H3/t38-,39-,40?/m0/s1. The highest BCUT2D eigenvalue weighted by atomic mass is 16.5. The topological polar surface area (TPSA) is 101 Å². The molecule has 0 aliphatic carbocycles. The molecule has 1 amide bonds. The molecule has 1 aliphatic rings. The second-order valence-electron chi connectivity index (χ2n) is 14.0. The van der Waals surface area contributed by atoms with E-state index in [4.69, 9.17) is 23.7 Å². The second kappa shape index (κ2) is 20.8. The third-order valence-electron chi connectivity index (χ3n) is 10.2. The number of ketones is 1. The van der Waals surface area contributed by atoms with Crippen molar-refractivity contribution in [2.45, 2.75) is 110 Å². The van der Waals surface area contributed by atoms with Crippen molar-refractivity contribution in [3.8, 4) is 17.2 Å². The lowest BCUT2D eigenvalue weighted by Crippen LogP contribution is -2.50. The van der Waals surface area contributed by atoms with Gasteiger partial charge in [-0.3, -0.25) is 9.59 Å². The number of piperidine rings is 1. The SMILES string of the molecule is CCOCCCCC(=O)COc1cccc(C(CCc2ccc(C)c(C)c2)OC(=O)[C@@H]2CCCCN2C(=O)[C@@H](CC)c2cc(C)c(OC)c(OC)c2)c1. The van der Waals surface area contributed by atoms with Crippen LogP contribution < -0.4 is 14.2 Å². The van der Waals surface area contributed by atoms with Crippen LogP contribution in [-0.2, 0) is 30.3 Å². The maximum absolute atomic E-state index is 14.3. The summed E-state index contributed by atoms with van der Waals surface area (Å²) in [7, 11) is 3.19. The number of carbonyl (C=O) groups is 3. The summed E-state index contributed by atoms with van der Waals surface area (Å²) < 4.78 is 28.8. The summed E-state index contributed by atoms with van der Waals surface area (Å²) in [4.78, 5) is 42.8. The quantitative estimate of drug-likeness (QED) is 0.0843. The van der Waals surface area contributed by atoms with Crippen LogP contribution in [0.1, 0.15) is 111 Å². The average molecular weight is 730 g/mol. The van der Waals surface area contributed by atoms with Gasteiger partial charge in [0.05, 0.1) is 20.1 Å². The zero-order valence-corrected chi connectivity index (χ0v) is 32.8. The maximum Gasteiger partial charge on any atom is 0.329 e. The van der Waals surface area contributed by atoms with E-state index in [9.17, 15) is 14.4 Å². The number of methoxy groups -OCH3 is 2. The van der Waals surface area contributed by atoms with Gasteiger partial charge in [-0.2, -0.15) is 0 Å². The number of aryl methyl sites for hydroxylation is 4. The first-order chi connectivity index (χ1) is 25.6. The minimum absolute atomic E-state index is 0.0253. The molecule has 3 aromatic rings. The molecular weight excluding hydrogens is 670 g/mol. The van der Waals surface area contributed by atoms with Gasteiger partial charge in [0, 0.05) is 26.2 Å². The lowest BCUT2D eigenvalue weighted by molar-refractivity contribution is -0.162. The van der Waals surface area contributed by atoms with Crippen molar-refractivity contribution in [1.29, 1.82) is 0 Å². The number of unbranched alkanes of at least 4 members (excludes halogenated alkanes) is 1. The highest BCUT2D eigenvalue weighted by Crippen LogP contribution is 2.37. The normalized spacial score (nSPS) is 15.4. The van der Waals surface area contributed by atoms with Crippen molar-refractivity contribution in [3.63, 3.8) is 0 Å². The fraction of sp³-hybridized carbons (Fsp3) is 0.523. The highest BCUT2D eigenvalue weighted by molar-refractivity contribution is 5.89. The number of amides is 1. The van der Waals surface area contributed by atoms with Crippen LogP contribution in [0.15, 0.2) is 54.6 Å². The fourth-order valence-electron chi connectivity index (χ4n) is 7.06. The van der Waals surface area contributed by atoms with Crippen LogP contribution in [0.25, 0.3) is 0 Å². The van der Waals surface area contributed by atoms with Crippen LogP contribution in [0, 0.1) is 20.8 Å². The Balaban J connectivity index is 1.54. The molecule has 0 bridgehead atoms. The van der Waals surface area contributed by atoms with E-state index in [1.165, 1.54) is 11.1 Å². The van der Waals surface area contributed by atoms with Gasteiger partial charge in [-0.15, -0.1) is 0 Å². The van der Waals surface area contributed by atoms with Gasteiger partial charge in [-0.05, 0) is 131 Å². The van der Waals surface area contributed by atoms with E-state index < -0.39 is 24.0 Å². The van der Waals surface area contributed by atoms with Crippen LogP contribution in [0.5, 0.6) is 17.2 Å².